The normalized spacial score (nSPS) is 13.4. The Hall–Kier alpha value is -2.91. The molecule has 0 aliphatic rings. The van der Waals surface area contributed by atoms with Gasteiger partial charge in [0.15, 0.2) is 5.54 Å². The molecule has 1 atom stereocenters. The molecule has 0 saturated heterocycles. The van der Waals surface area contributed by atoms with Gasteiger partial charge < -0.3 is 20.5 Å². The molecule has 0 heterocycles. The van der Waals surface area contributed by atoms with Crippen LogP contribution in [0.2, 0.25) is 0 Å². The van der Waals surface area contributed by atoms with Crippen LogP contribution in [0.5, 0.6) is 0 Å². The topological polar surface area (TPSA) is 90.7 Å². The Morgan fingerprint density at radius 2 is 1.66 bits per heavy atom. The summed E-state index contributed by atoms with van der Waals surface area (Å²) in [6, 6.07) is 10.7. The third-order valence-corrected chi connectivity index (χ3v) is 4.31. The molecule has 6 nitrogen and oxygen atoms in total. The van der Waals surface area contributed by atoms with E-state index in [4.69, 9.17) is 15.2 Å². The summed E-state index contributed by atoms with van der Waals surface area (Å²) in [5, 5.41) is 2.62. The Morgan fingerprint density at radius 3 is 2.21 bits per heavy atom. The molecule has 1 amide bonds. The van der Waals surface area contributed by atoms with E-state index in [-0.39, 0.29) is 24.3 Å². The molecular formula is C20H21F3N2O4. The minimum absolute atomic E-state index is 0.00855. The molecule has 0 saturated carbocycles. The first-order valence-electron chi connectivity index (χ1n) is 8.53. The van der Waals surface area contributed by atoms with Crippen molar-refractivity contribution in [3.63, 3.8) is 0 Å². The van der Waals surface area contributed by atoms with Gasteiger partial charge in [0.05, 0.1) is 19.3 Å². The van der Waals surface area contributed by atoms with Gasteiger partial charge in [-0.15, -0.1) is 0 Å². The zero-order valence-corrected chi connectivity index (χ0v) is 15.9. The highest BCUT2D eigenvalue weighted by Crippen LogP contribution is 2.29. The van der Waals surface area contributed by atoms with E-state index in [1.165, 1.54) is 38.5 Å². The quantitative estimate of drug-likeness (QED) is 0.685. The van der Waals surface area contributed by atoms with Gasteiger partial charge in [0.1, 0.15) is 0 Å². The highest BCUT2D eigenvalue weighted by Gasteiger charge is 2.40. The van der Waals surface area contributed by atoms with Crippen LogP contribution in [0.4, 0.5) is 13.2 Å². The molecule has 0 fully saturated rings. The van der Waals surface area contributed by atoms with E-state index < -0.39 is 29.2 Å². The molecule has 0 aromatic heterocycles. The van der Waals surface area contributed by atoms with Crippen LogP contribution in [-0.4, -0.2) is 32.7 Å². The lowest BCUT2D eigenvalue weighted by molar-refractivity contribution is -0.149. The van der Waals surface area contributed by atoms with Gasteiger partial charge in [-0.2, -0.15) is 13.2 Å². The highest BCUT2D eigenvalue weighted by molar-refractivity contribution is 5.98. The molecule has 0 aliphatic carbocycles. The van der Waals surface area contributed by atoms with Crippen molar-refractivity contribution in [2.45, 2.75) is 18.3 Å². The maximum atomic E-state index is 12.7. The molecule has 156 valence electrons. The molecule has 0 bridgehead atoms. The monoisotopic (exact) mass is 410 g/mol. The molecule has 2 rings (SSSR count). The average molecular weight is 410 g/mol. The Balaban J connectivity index is 2.23. The Morgan fingerprint density at radius 1 is 1.03 bits per heavy atom. The fraction of sp³-hybridized carbons (Fsp3) is 0.300. The van der Waals surface area contributed by atoms with Crippen molar-refractivity contribution in [3.05, 3.63) is 70.8 Å². The summed E-state index contributed by atoms with van der Waals surface area (Å²) in [7, 11) is 2.53. The van der Waals surface area contributed by atoms with Crippen LogP contribution in [0.15, 0.2) is 48.5 Å². The SMILES string of the molecule is COCC(N)(C(=O)OC)c1ccccc1C(=O)NCc1ccc(C(F)(F)F)cc1. The molecule has 0 spiro atoms. The maximum Gasteiger partial charge on any atom is 0.416 e. The van der Waals surface area contributed by atoms with Crippen molar-refractivity contribution < 1.29 is 32.2 Å². The first-order valence-corrected chi connectivity index (χ1v) is 8.53. The lowest BCUT2D eigenvalue weighted by atomic mass is 9.87. The number of carbonyl (C=O) groups is 2. The number of nitrogens with two attached hydrogens (primary N) is 1. The van der Waals surface area contributed by atoms with E-state index in [9.17, 15) is 22.8 Å². The van der Waals surface area contributed by atoms with Gasteiger partial charge in [-0.1, -0.05) is 30.3 Å². The van der Waals surface area contributed by atoms with Crippen molar-refractivity contribution in [2.75, 3.05) is 20.8 Å². The smallest absolute Gasteiger partial charge is 0.416 e. The number of ether oxygens (including phenoxy) is 2. The van der Waals surface area contributed by atoms with E-state index in [1.54, 1.807) is 12.1 Å². The summed E-state index contributed by atoms with van der Waals surface area (Å²) in [5.74, 6) is -1.32. The fourth-order valence-corrected chi connectivity index (χ4v) is 2.82. The lowest BCUT2D eigenvalue weighted by Crippen LogP contribution is -2.50. The Kier molecular flexibility index (Phi) is 6.99. The van der Waals surface area contributed by atoms with Gasteiger partial charge in [-0.05, 0) is 29.3 Å². The molecule has 2 aromatic rings. The van der Waals surface area contributed by atoms with Gasteiger partial charge in [0.2, 0.25) is 0 Å². The van der Waals surface area contributed by atoms with Crippen molar-refractivity contribution >= 4 is 11.9 Å². The molecule has 0 radical (unpaired) electrons. The van der Waals surface area contributed by atoms with Crippen LogP contribution in [-0.2, 0) is 32.5 Å². The highest BCUT2D eigenvalue weighted by atomic mass is 19.4. The number of amides is 1. The number of benzene rings is 2. The Bertz CT molecular complexity index is 869. The maximum absolute atomic E-state index is 12.7. The second-order valence-electron chi connectivity index (χ2n) is 6.32. The van der Waals surface area contributed by atoms with Gasteiger partial charge in [-0.3, -0.25) is 4.79 Å². The van der Waals surface area contributed by atoms with Crippen molar-refractivity contribution in [1.29, 1.82) is 0 Å². The van der Waals surface area contributed by atoms with Crippen molar-refractivity contribution in [2.24, 2.45) is 5.73 Å². The first kappa shape index (κ1) is 22.4. The predicted octanol–water partition coefficient (Wildman–Crippen LogP) is 2.61. The van der Waals surface area contributed by atoms with E-state index in [0.717, 1.165) is 12.1 Å². The number of methoxy groups -OCH3 is 2. The van der Waals surface area contributed by atoms with Gasteiger partial charge in [0, 0.05) is 19.2 Å². The summed E-state index contributed by atoms with van der Waals surface area (Å²) in [4.78, 5) is 24.9. The van der Waals surface area contributed by atoms with Crippen molar-refractivity contribution in [3.8, 4) is 0 Å². The van der Waals surface area contributed by atoms with E-state index in [0.29, 0.717) is 5.56 Å². The number of carbonyl (C=O) groups excluding carboxylic acids is 2. The molecule has 2 aromatic carbocycles. The molecular weight excluding hydrogens is 389 g/mol. The Labute approximate surface area is 165 Å². The van der Waals surface area contributed by atoms with Crippen LogP contribution in [0.1, 0.15) is 27.0 Å². The number of hydrogen-bond acceptors (Lipinski definition) is 5. The number of hydrogen-bond donors (Lipinski definition) is 2. The van der Waals surface area contributed by atoms with Crippen LogP contribution >= 0.6 is 0 Å². The van der Waals surface area contributed by atoms with Gasteiger partial charge in [0.25, 0.3) is 5.91 Å². The van der Waals surface area contributed by atoms with Crippen LogP contribution in [0.3, 0.4) is 0 Å². The number of esters is 1. The minimum Gasteiger partial charge on any atom is -0.467 e. The number of nitrogens with one attached hydrogen (secondary N) is 1. The number of halogens is 3. The summed E-state index contributed by atoms with van der Waals surface area (Å²) < 4.78 is 47.7. The largest absolute Gasteiger partial charge is 0.467 e. The zero-order valence-electron chi connectivity index (χ0n) is 15.9. The zero-order chi connectivity index (χ0) is 21.7. The fourth-order valence-electron chi connectivity index (χ4n) is 2.82. The molecule has 0 aliphatic heterocycles. The van der Waals surface area contributed by atoms with E-state index in [2.05, 4.69) is 5.32 Å². The van der Waals surface area contributed by atoms with Crippen molar-refractivity contribution in [1.82, 2.24) is 5.32 Å². The van der Waals surface area contributed by atoms with E-state index >= 15 is 0 Å². The van der Waals surface area contributed by atoms with Gasteiger partial charge >= 0.3 is 12.1 Å². The first-order chi connectivity index (χ1) is 13.6. The second-order valence-corrected chi connectivity index (χ2v) is 6.32. The summed E-state index contributed by atoms with van der Waals surface area (Å²) in [5.41, 5.74) is 4.54. The predicted molar refractivity (Wildman–Crippen MR) is 98.8 cm³/mol. The second kappa shape index (κ2) is 9.06. The van der Waals surface area contributed by atoms with E-state index in [1.807, 2.05) is 0 Å². The summed E-state index contributed by atoms with van der Waals surface area (Å²) >= 11 is 0. The molecule has 29 heavy (non-hydrogen) atoms. The minimum atomic E-state index is -4.43. The summed E-state index contributed by atoms with van der Waals surface area (Å²) in [6.45, 7) is -0.228. The van der Waals surface area contributed by atoms with Crippen LogP contribution in [0.25, 0.3) is 0 Å². The third-order valence-electron chi connectivity index (χ3n) is 4.31. The van der Waals surface area contributed by atoms with Crippen LogP contribution < -0.4 is 11.1 Å². The summed E-state index contributed by atoms with van der Waals surface area (Å²) in [6.07, 6.45) is -4.43. The standard InChI is InChI=1S/C20H21F3N2O4/c1-28-12-19(24,18(27)29-2)16-6-4-3-5-15(16)17(26)25-11-13-7-9-14(10-8-13)20(21,22)23/h3-10H,11-12,24H2,1-2H3,(H,25,26). The average Bonchev–Trinajstić information content (AvgIpc) is 2.71. The van der Waals surface area contributed by atoms with Crippen LogP contribution in [0, 0.1) is 0 Å². The molecule has 9 heteroatoms. The molecule has 1 unspecified atom stereocenters. The lowest BCUT2D eigenvalue weighted by Gasteiger charge is -2.28. The third kappa shape index (κ3) is 5.12. The number of alkyl halides is 3. The molecule has 3 N–H and O–H groups in total. The number of rotatable bonds is 7. The van der Waals surface area contributed by atoms with Gasteiger partial charge in [-0.25, -0.2) is 4.79 Å².